The quantitative estimate of drug-likeness (QED) is 0.518. The van der Waals surface area contributed by atoms with Crippen molar-refractivity contribution < 1.29 is 27.1 Å². The Bertz CT molecular complexity index is 1170. The van der Waals surface area contributed by atoms with E-state index in [4.69, 9.17) is 4.74 Å². The smallest absolute Gasteiger partial charge is 0.417 e. The van der Waals surface area contributed by atoms with E-state index in [1.165, 1.54) is 17.2 Å². The number of pyridine rings is 2. The fourth-order valence-electron chi connectivity index (χ4n) is 3.95. The molecule has 0 N–H and O–H groups in total. The number of ether oxygens (including phenoxy) is 1. The Morgan fingerprint density at radius 1 is 1.24 bits per heavy atom. The number of piperidine rings is 1. The maximum absolute atomic E-state index is 14.1. The lowest BCUT2D eigenvalue weighted by molar-refractivity contribution is -0.138. The van der Waals surface area contributed by atoms with Gasteiger partial charge in [0, 0.05) is 30.4 Å². The lowest BCUT2D eigenvalue weighted by atomic mass is 9.90. The summed E-state index contributed by atoms with van der Waals surface area (Å²) < 4.78 is 57.7. The van der Waals surface area contributed by atoms with Crippen molar-refractivity contribution in [2.45, 2.75) is 38.9 Å². The number of rotatable bonds is 5. The second-order valence-corrected chi connectivity index (χ2v) is 8.10. The van der Waals surface area contributed by atoms with Gasteiger partial charge in [0.15, 0.2) is 11.6 Å². The van der Waals surface area contributed by atoms with Gasteiger partial charge < -0.3 is 9.64 Å². The van der Waals surface area contributed by atoms with Crippen LogP contribution in [0, 0.1) is 18.7 Å². The molecule has 3 aromatic heterocycles. The van der Waals surface area contributed by atoms with Crippen molar-refractivity contribution in [2.75, 3.05) is 13.2 Å². The first kappa shape index (κ1) is 23.6. The standard InChI is InChI=1S/C22H22F4N6O2/c1-13-5-6-17(19(30-13)32-28-7-8-29-32)21(33)31-9-3-4-15(14(31)2)12-34-20-18(23)10-16(11-27-20)22(24,25)26/h5-8,10-11,14-15H,3-4,9,12H2,1-2H3/t14-,15-/m0/s1. The lowest BCUT2D eigenvalue weighted by Crippen LogP contribution is -2.48. The summed E-state index contributed by atoms with van der Waals surface area (Å²) in [5.74, 6) is -1.80. The molecule has 180 valence electrons. The summed E-state index contributed by atoms with van der Waals surface area (Å²) in [5.41, 5.74) is -0.145. The Hall–Kier alpha value is -3.57. The highest BCUT2D eigenvalue weighted by Gasteiger charge is 2.35. The fourth-order valence-corrected chi connectivity index (χ4v) is 3.95. The monoisotopic (exact) mass is 478 g/mol. The first-order chi connectivity index (χ1) is 16.1. The second kappa shape index (κ2) is 9.35. The van der Waals surface area contributed by atoms with E-state index in [9.17, 15) is 22.4 Å². The molecule has 4 rings (SSSR count). The van der Waals surface area contributed by atoms with E-state index in [0.717, 1.165) is 0 Å². The number of likely N-dealkylation sites (tertiary alicyclic amines) is 1. The summed E-state index contributed by atoms with van der Waals surface area (Å²) in [4.78, 5) is 24.3. The third-order valence-corrected chi connectivity index (χ3v) is 5.83. The molecule has 1 fully saturated rings. The molecular formula is C22H22F4N6O2. The normalized spacial score (nSPS) is 18.7. The minimum atomic E-state index is -4.69. The second-order valence-electron chi connectivity index (χ2n) is 8.10. The molecule has 1 amide bonds. The first-order valence-corrected chi connectivity index (χ1v) is 10.7. The molecule has 0 spiro atoms. The molecule has 4 heterocycles. The molecule has 0 bridgehead atoms. The van der Waals surface area contributed by atoms with Crippen LogP contribution < -0.4 is 4.74 Å². The molecule has 0 unspecified atom stereocenters. The number of amides is 1. The molecule has 34 heavy (non-hydrogen) atoms. The Morgan fingerprint density at radius 2 is 1.97 bits per heavy atom. The number of alkyl halides is 3. The van der Waals surface area contributed by atoms with Crippen molar-refractivity contribution >= 4 is 5.91 Å². The number of carbonyl (C=O) groups excluding carboxylic acids is 1. The number of halogens is 4. The van der Waals surface area contributed by atoms with Crippen molar-refractivity contribution in [1.82, 2.24) is 29.9 Å². The van der Waals surface area contributed by atoms with Gasteiger partial charge in [0.05, 0.1) is 30.1 Å². The minimum Gasteiger partial charge on any atom is -0.475 e. The van der Waals surface area contributed by atoms with Gasteiger partial charge in [-0.1, -0.05) is 0 Å². The highest BCUT2D eigenvalue weighted by Crippen LogP contribution is 2.31. The average Bonchev–Trinajstić information content (AvgIpc) is 3.33. The van der Waals surface area contributed by atoms with Crippen LogP contribution in [-0.4, -0.2) is 55.0 Å². The Morgan fingerprint density at radius 3 is 2.65 bits per heavy atom. The summed E-state index contributed by atoms with van der Waals surface area (Å²) >= 11 is 0. The van der Waals surface area contributed by atoms with E-state index < -0.39 is 23.4 Å². The van der Waals surface area contributed by atoms with Gasteiger partial charge in [0.25, 0.3) is 5.91 Å². The van der Waals surface area contributed by atoms with Gasteiger partial charge in [-0.05, 0) is 44.9 Å². The molecule has 12 heteroatoms. The van der Waals surface area contributed by atoms with Crippen LogP contribution in [0.5, 0.6) is 5.88 Å². The van der Waals surface area contributed by atoms with E-state index in [1.807, 2.05) is 6.92 Å². The molecule has 8 nitrogen and oxygen atoms in total. The van der Waals surface area contributed by atoms with Crippen LogP contribution in [0.2, 0.25) is 0 Å². The molecule has 0 aromatic carbocycles. The Kier molecular flexibility index (Phi) is 6.49. The predicted octanol–water partition coefficient (Wildman–Crippen LogP) is 3.84. The third kappa shape index (κ3) is 4.85. The lowest BCUT2D eigenvalue weighted by Gasteiger charge is -2.39. The van der Waals surface area contributed by atoms with Gasteiger partial charge >= 0.3 is 6.18 Å². The number of hydrogen-bond donors (Lipinski definition) is 0. The molecule has 1 aliphatic heterocycles. The Labute approximate surface area is 192 Å². The van der Waals surface area contributed by atoms with E-state index in [2.05, 4.69) is 20.2 Å². The predicted molar refractivity (Wildman–Crippen MR) is 112 cm³/mol. The van der Waals surface area contributed by atoms with Crippen LogP contribution in [0.25, 0.3) is 5.82 Å². The highest BCUT2D eigenvalue weighted by atomic mass is 19.4. The summed E-state index contributed by atoms with van der Waals surface area (Å²) in [5, 5.41) is 8.16. The maximum Gasteiger partial charge on any atom is 0.417 e. The van der Waals surface area contributed by atoms with Crippen LogP contribution in [0.4, 0.5) is 17.6 Å². The summed E-state index contributed by atoms with van der Waals surface area (Å²) in [6.07, 6.45) is 0.204. The number of carbonyl (C=O) groups is 1. The van der Waals surface area contributed by atoms with Crippen LogP contribution >= 0.6 is 0 Å². The van der Waals surface area contributed by atoms with Gasteiger partial charge in [-0.25, -0.2) is 14.4 Å². The van der Waals surface area contributed by atoms with Gasteiger partial charge in [-0.15, -0.1) is 4.80 Å². The van der Waals surface area contributed by atoms with Crippen molar-refractivity contribution in [2.24, 2.45) is 5.92 Å². The zero-order valence-electron chi connectivity index (χ0n) is 18.5. The van der Waals surface area contributed by atoms with Crippen molar-refractivity contribution in [3.8, 4) is 11.7 Å². The minimum absolute atomic E-state index is 0.0000518. The zero-order chi connectivity index (χ0) is 24.5. The van der Waals surface area contributed by atoms with Gasteiger partial charge in [-0.2, -0.15) is 23.4 Å². The van der Waals surface area contributed by atoms with E-state index in [1.54, 1.807) is 24.0 Å². The average molecular weight is 478 g/mol. The van der Waals surface area contributed by atoms with Crippen LogP contribution in [0.1, 0.15) is 41.4 Å². The van der Waals surface area contributed by atoms with E-state index in [0.29, 0.717) is 48.7 Å². The van der Waals surface area contributed by atoms with Crippen molar-refractivity contribution in [3.63, 3.8) is 0 Å². The zero-order valence-corrected chi connectivity index (χ0v) is 18.5. The number of aromatic nitrogens is 5. The Balaban J connectivity index is 1.49. The molecule has 2 atom stereocenters. The number of hydrogen-bond acceptors (Lipinski definition) is 6. The van der Waals surface area contributed by atoms with Crippen molar-refractivity contribution in [1.29, 1.82) is 0 Å². The van der Waals surface area contributed by atoms with Crippen molar-refractivity contribution in [3.05, 3.63) is 59.4 Å². The van der Waals surface area contributed by atoms with E-state index >= 15 is 0 Å². The van der Waals surface area contributed by atoms with Gasteiger partial charge in [0.2, 0.25) is 5.88 Å². The maximum atomic E-state index is 14.1. The van der Waals surface area contributed by atoms with Crippen LogP contribution in [-0.2, 0) is 6.18 Å². The summed E-state index contributed by atoms with van der Waals surface area (Å²) in [6.45, 7) is 4.16. The third-order valence-electron chi connectivity index (χ3n) is 5.83. The summed E-state index contributed by atoms with van der Waals surface area (Å²) in [7, 11) is 0. The number of nitrogens with zero attached hydrogens (tertiary/aromatic N) is 6. The summed E-state index contributed by atoms with van der Waals surface area (Å²) in [6, 6.07) is 3.49. The first-order valence-electron chi connectivity index (χ1n) is 10.7. The van der Waals surface area contributed by atoms with Gasteiger partial charge in [0.1, 0.15) is 0 Å². The van der Waals surface area contributed by atoms with Gasteiger partial charge in [-0.3, -0.25) is 4.79 Å². The molecule has 0 radical (unpaired) electrons. The molecule has 0 aliphatic carbocycles. The topological polar surface area (TPSA) is 86.0 Å². The largest absolute Gasteiger partial charge is 0.475 e. The molecule has 1 saturated heterocycles. The SMILES string of the molecule is Cc1ccc(C(=O)N2CCC[C@@H](COc3ncc(C(F)(F)F)cc3F)[C@@H]2C)c(-n2nccn2)n1. The molecule has 3 aromatic rings. The van der Waals surface area contributed by atoms with Crippen LogP contribution in [0.3, 0.4) is 0 Å². The molecule has 1 aliphatic rings. The number of aryl methyl sites for hydroxylation is 1. The fraction of sp³-hybridized carbons (Fsp3) is 0.409. The molecule has 0 saturated carbocycles. The highest BCUT2D eigenvalue weighted by molar-refractivity contribution is 5.97. The van der Waals surface area contributed by atoms with E-state index in [-0.39, 0.29) is 24.5 Å². The van der Waals surface area contributed by atoms with Crippen LogP contribution in [0.15, 0.2) is 36.8 Å². The molecular weight excluding hydrogens is 456 g/mol.